The molecule has 0 bridgehead atoms. The van der Waals surface area contributed by atoms with E-state index in [2.05, 4.69) is 85.1 Å². The summed E-state index contributed by atoms with van der Waals surface area (Å²) in [4.78, 5) is 0. The van der Waals surface area contributed by atoms with Gasteiger partial charge in [0, 0.05) is 12.1 Å². The summed E-state index contributed by atoms with van der Waals surface area (Å²) in [6.07, 6.45) is 6.52. The van der Waals surface area contributed by atoms with Gasteiger partial charge in [0.05, 0.1) is 0 Å². The van der Waals surface area contributed by atoms with Crippen LogP contribution in [0.1, 0.15) is 69.2 Å². The third-order valence-corrected chi connectivity index (χ3v) is 4.85. The van der Waals surface area contributed by atoms with Gasteiger partial charge in [-0.2, -0.15) is 0 Å². The lowest BCUT2D eigenvalue weighted by molar-refractivity contribution is 0.509. The largest absolute Gasteiger partial charge is 0.310 e. The molecule has 2 N–H and O–H groups in total. The average molecular weight is 339 g/mol. The Labute approximate surface area is 154 Å². The van der Waals surface area contributed by atoms with Crippen molar-refractivity contribution in [1.82, 2.24) is 10.6 Å². The van der Waals surface area contributed by atoms with Crippen LogP contribution in [0.3, 0.4) is 0 Å². The highest BCUT2D eigenvalue weighted by molar-refractivity contribution is 5.18. The van der Waals surface area contributed by atoms with Crippen LogP contribution in [0.25, 0.3) is 0 Å². The highest BCUT2D eigenvalue weighted by atomic mass is 14.9. The van der Waals surface area contributed by atoms with Crippen LogP contribution in [0.5, 0.6) is 0 Å². The lowest BCUT2D eigenvalue weighted by Gasteiger charge is -2.14. The van der Waals surface area contributed by atoms with Gasteiger partial charge in [-0.05, 0) is 50.9 Å². The molecule has 0 unspecified atom stereocenters. The molecule has 0 aromatic heterocycles. The van der Waals surface area contributed by atoms with Gasteiger partial charge in [-0.25, -0.2) is 0 Å². The van der Waals surface area contributed by atoms with E-state index in [0.717, 1.165) is 13.1 Å². The number of benzene rings is 2. The van der Waals surface area contributed by atoms with Gasteiger partial charge in [-0.15, -0.1) is 0 Å². The molecule has 2 nitrogen and oxygen atoms in total. The van der Waals surface area contributed by atoms with Crippen molar-refractivity contribution in [3.8, 4) is 0 Å². The molecule has 2 rings (SSSR count). The number of unbranched alkanes of at least 4 members (excludes halogenated alkanes) is 4. The Morgan fingerprint density at radius 1 is 0.560 bits per heavy atom. The van der Waals surface area contributed by atoms with Crippen LogP contribution in [0.4, 0.5) is 0 Å². The molecule has 0 aliphatic carbocycles. The zero-order chi connectivity index (χ0) is 17.7. The Morgan fingerprint density at radius 3 is 1.32 bits per heavy atom. The van der Waals surface area contributed by atoms with E-state index in [4.69, 9.17) is 0 Å². The summed E-state index contributed by atoms with van der Waals surface area (Å²) < 4.78 is 0. The van der Waals surface area contributed by atoms with Crippen LogP contribution in [0.15, 0.2) is 60.7 Å². The van der Waals surface area contributed by atoms with E-state index in [0.29, 0.717) is 12.1 Å². The molecular formula is C23H34N2. The van der Waals surface area contributed by atoms with E-state index in [9.17, 15) is 0 Å². The summed E-state index contributed by atoms with van der Waals surface area (Å²) >= 11 is 0. The van der Waals surface area contributed by atoms with Crippen molar-refractivity contribution in [3.05, 3.63) is 71.8 Å². The van der Waals surface area contributed by atoms with Crippen molar-refractivity contribution in [2.24, 2.45) is 0 Å². The van der Waals surface area contributed by atoms with Crippen molar-refractivity contribution < 1.29 is 0 Å². The van der Waals surface area contributed by atoms with E-state index < -0.39 is 0 Å². The first-order chi connectivity index (χ1) is 12.3. The first-order valence-electron chi connectivity index (χ1n) is 9.84. The van der Waals surface area contributed by atoms with Crippen LogP contribution in [-0.4, -0.2) is 13.1 Å². The zero-order valence-electron chi connectivity index (χ0n) is 15.9. The molecule has 0 fully saturated rings. The Morgan fingerprint density at radius 2 is 0.920 bits per heavy atom. The van der Waals surface area contributed by atoms with Crippen LogP contribution >= 0.6 is 0 Å². The second-order valence-electron chi connectivity index (χ2n) is 6.94. The van der Waals surface area contributed by atoms with Gasteiger partial charge in [-0.3, -0.25) is 0 Å². The quantitative estimate of drug-likeness (QED) is 0.489. The summed E-state index contributed by atoms with van der Waals surface area (Å²) in [5.74, 6) is 0. The number of rotatable bonds is 12. The summed E-state index contributed by atoms with van der Waals surface area (Å²) in [7, 11) is 0. The third kappa shape index (κ3) is 7.85. The maximum absolute atomic E-state index is 3.62. The number of nitrogens with one attached hydrogen (secondary N) is 2. The molecule has 2 atom stereocenters. The maximum Gasteiger partial charge on any atom is 0.0291 e. The van der Waals surface area contributed by atoms with Crippen LogP contribution < -0.4 is 10.6 Å². The highest BCUT2D eigenvalue weighted by Gasteiger charge is 2.04. The second kappa shape index (κ2) is 11.8. The monoisotopic (exact) mass is 338 g/mol. The molecule has 0 heterocycles. The molecule has 0 aliphatic rings. The van der Waals surface area contributed by atoms with Crippen LogP contribution in [-0.2, 0) is 0 Å². The standard InChI is InChI=1S/C23H34N2/c1-20(22-14-8-6-9-15-22)24-18-12-4-3-5-13-19-25-21(2)23-16-10-7-11-17-23/h6-11,14-17,20-21,24-25H,3-5,12-13,18-19H2,1-2H3/t20-,21-/m1/s1. The predicted molar refractivity (Wildman–Crippen MR) is 109 cm³/mol. The van der Waals surface area contributed by atoms with E-state index in [-0.39, 0.29) is 0 Å². The van der Waals surface area contributed by atoms with Crippen molar-refractivity contribution in [1.29, 1.82) is 0 Å². The third-order valence-electron chi connectivity index (χ3n) is 4.85. The van der Waals surface area contributed by atoms with Gasteiger partial charge in [0.1, 0.15) is 0 Å². The Kier molecular flexibility index (Phi) is 9.32. The normalized spacial score (nSPS) is 13.5. The lowest BCUT2D eigenvalue weighted by atomic mass is 10.1. The van der Waals surface area contributed by atoms with Gasteiger partial charge in [-0.1, -0.05) is 79.9 Å². The fraction of sp³-hybridized carbons (Fsp3) is 0.478. The van der Waals surface area contributed by atoms with Crippen molar-refractivity contribution in [2.75, 3.05) is 13.1 Å². The number of hydrogen-bond donors (Lipinski definition) is 2. The molecule has 0 aliphatic heterocycles. The smallest absolute Gasteiger partial charge is 0.0291 e. The van der Waals surface area contributed by atoms with E-state index in [1.54, 1.807) is 0 Å². The molecule has 0 amide bonds. The fourth-order valence-corrected chi connectivity index (χ4v) is 3.14. The topological polar surface area (TPSA) is 24.1 Å². The van der Waals surface area contributed by atoms with Gasteiger partial charge >= 0.3 is 0 Å². The average Bonchev–Trinajstić information content (AvgIpc) is 2.67. The maximum atomic E-state index is 3.62. The zero-order valence-corrected chi connectivity index (χ0v) is 15.9. The van der Waals surface area contributed by atoms with E-state index in [1.807, 2.05) is 0 Å². The van der Waals surface area contributed by atoms with Crippen LogP contribution in [0, 0.1) is 0 Å². The summed E-state index contributed by atoms with van der Waals surface area (Å²) in [6, 6.07) is 22.3. The SMILES string of the molecule is C[C@@H](NCCCCCCCN[C@H](C)c1ccccc1)c1ccccc1. The van der Waals surface area contributed by atoms with E-state index in [1.165, 1.54) is 43.2 Å². The fourth-order valence-electron chi connectivity index (χ4n) is 3.14. The summed E-state index contributed by atoms with van der Waals surface area (Å²) in [6.45, 7) is 6.71. The summed E-state index contributed by atoms with van der Waals surface area (Å²) in [5.41, 5.74) is 2.75. The molecule has 136 valence electrons. The van der Waals surface area contributed by atoms with Crippen molar-refractivity contribution in [2.45, 2.75) is 58.0 Å². The van der Waals surface area contributed by atoms with E-state index >= 15 is 0 Å². The second-order valence-corrected chi connectivity index (χ2v) is 6.94. The van der Waals surface area contributed by atoms with Crippen LogP contribution in [0.2, 0.25) is 0 Å². The Hall–Kier alpha value is -1.64. The minimum Gasteiger partial charge on any atom is -0.310 e. The molecule has 25 heavy (non-hydrogen) atoms. The van der Waals surface area contributed by atoms with Crippen molar-refractivity contribution in [3.63, 3.8) is 0 Å². The number of hydrogen-bond acceptors (Lipinski definition) is 2. The molecule has 2 heteroatoms. The molecule has 2 aromatic carbocycles. The highest BCUT2D eigenvalue weighted by Crippen LogP contribution is 2.12. The molecule has 0 radical (unpaired) electrons. The Balaban J connectivity index is 1.43. The minimum atomic E-state index is 0.449. The van der Waals surface area contributed by atoms with Gasteiger partial charge in [0.15, 0.2) is 0 Å². The first kappa shape index (κ1) is 19.7. The van der Waals surface area contributed by atoms with Crippen molar-refractivity contribution >= 4 is 0 Å². The van der Waals surface area contributed by atoms with Gasteiger partial charge in [0.2, 0.25) is 0 Å². The predicted octanol–water partition coefficient (Wildman–Crippen LogP) is 5.64. The molecule has 0 spiro atoms. The lowest BCUT2D eigenvalue weighted by Crippen LogP contribution is -2.20. The molecule has 0 saturated heterocycles. The molecule has 2 aromatic rings. The minimum absolute atomic E-state index is 0.449. The molecular weight excluding hydrogens is 304 g/mol. The summed E-state index contributed by atoms with van der Waals surface area (Å²) in [5, 5.41) is 7.24. The first-order valence-corrected chi connectivity index (χ1v) is 9.84. The molecule has 0 saturated carbocycles. The van der Waals surface area contributed by atoms with Gasteiger partial charge in [0.25, 0.3) is 0 Å². The van der Waals surface area contributed by atoms with Gasteiger partial charge < -0.3 is 10.6 Å². The Bertz CT molecular complexity index is 501.